The second-order valence-corrected chi connectivity index (χ2v) is 5.78. The van der Waals surface area contributed by atoms with Crippen LogP contribution >= 0.6 is 0 Å². The average Bonchev–Trinajstić information content (AvgIpc) is 2.37. The van der Waals surface area contributed by atoms with E-state index in [0.29, 0.717) is 12.0 Å². The zero-order valence-corrected chi connectivity index (χ0v) is 11.3. The van der Waals surface area contributed by atoms with Crippen LogP contribution in [0.2, 0.25) is 0 Å². The summed E-state index contributed by atoms with van der Waals surface area (Å²) in [6.07, 6.45) is 0.343. The Balaban J connectivity index is 3.06. The molecule has 0 aromatic heterocycles. The van der Waals surface area contributed by atoms with Crippen molar-refractivity contribution in [2.75, 3.05) is 6.54 Å². The molecule has 0 unspecified atom stereocenters. The number of benzene rings is 1. The first-order valence-electron chi connectivity index (χ1n) is 5.76. The third kappa shape index (κ3) is 3.63. The minimum atomic E-state index is -3.62. The zero-order valence-electron chi connectivity index (χ0n) is 10.5. The Morgan fingerprint density at radius 2 is 2.11 bits per heavy atom. The Morgan fingerprint density at radius 3 is 2.67 bits per heavy atom. The van der Waals surface area contributed by atoms with Crippen molar-refractivity contribution in [1.82, 2.24) is 4.72 Å². The molecule has 0 saturated carbocycles. The summed E-state index contributed by atoms with van der Waals surface area (Å²) >= 11 is 0. The van der Waals surface area contributed by atoms with Crippen LogP contribution in [0.4, 0.5) is 0 Å². The van der Waals surface area contributed by atoms with E-state index in [0.717, 1.165) is 0 Å². The van der Waals surface area contributed by atoms with Gasteiger partial charge >= 0.3 is 0 Å². The highest BCUT2D eigenvalue weighted by Crippen LogP contribution is 2.13. The van der Waals surface area contributed by atoms with E-state index < -0.39 is 10.0 Å². The molecule has 18 heavy (non-hydrogen) atoms. The Hall–Kier alpha value is -1.24. The summed E-state index contributed by atoms with van der Waals surface area (Å²) < 4.78 is 26.4. The van der Waals surface area contributed by atoms with E-state index in [-0.39, 0.29) is 23.3 Å². The van der Waals surface area contributed by atoms with Crippen LogP contribution in [0.15, 0.2) is 29.2 Å². The van der Waals surface area contributed by atoms with Crippen LogP contribution in [0.1, 0.15) is 30.6 Å². The monoisotopic (exact) mass is 270 g/mol. The van der Waals surface area contributed by atoms with Gasteiger partial charge in [0.15, 0.2) is 5.78 Å². The van der Waals surface area contributed by atoms with Crippen LogP contribution in [0.25, 0.3) is 0 Å². The molecule has 0 amide bonds. The van der Waals surface area contributed by atoms with Crippen LogP contribution < -0.4 is 10.5 Å². The van der Waals surface area contributed by atoms with E-state index in [1.54, 1.807) is 26.0 Å². The van der Waals surface area contributed by atoms with Gasteiger partial charge < -0.3 is 5.73 Å². The molecular formula is C12H18N2O3S. The van der Waals surface area contributed by atoms with Crippen molar-refractivity contribution >= 4 is 15.8 Å². The number of carbonyl (C=O) groups excluding carboxylic acids is 1. The van der Waals surface area contributed by atoms with Crippen LogP contribution in [-0.4, -0.2) is 26.8 Å². The number of carbonyl (C=O) groups is 1. The summed E-state index contributed by atoms with van der Waals surface area (Å²) in [6, 6.07) is 5.66. The number of rotatable bonds is 6. The van der Waals surface area contributed by atoms with Gasteiger partial charge in [-0.2, -0.15) is 0 Å². The molecule has 0 aliphatic heterocycles. The van der Waals surface area contributed by atoms with E-state index >= 15 is 0 Å². The lowest BCUT2D eigenvalue weighted by atomic mass is 10.1. The average molecular weight is 270 g/mol. The second kappa shape index (κ2) is 6.08. The van der Waals surface area contributed by atoms with E-state index in [9.17, 15) is 13.2 Å². The molecule has 0 heterocycles. The lowest BCUT2D eigenvalue weighted by Crippen LogP contribution is -2.37. The van der Waals surface area contributed by atoms with Gasteiger partial charge in [-0.1, -0.05) is 19.1 Å². The molecule has 0 spiro atoms. The number of nitrogens with two attached hydrogens (primary N) is 1. The highest BCUT2D eigenvalue weighted by Gasteiger charge is 2.17. The fourth-order valence-electron chi connectivity index (χ4n) is 1.42. The van der Waals surface area contributed by atoms with Gasteiger partial charge in [0.2, 0.25) is 10.0 Å². The molecule has 0 aliphatic rings. The Bertz CT molecular complexity index is 526. The SMILES string of the molecule is CCC(=O)c1cccc(S(=O)(=O)N[C@@H](C)CN)c1. The molecule has 6 heteroatoms. The van der Waals surface area contributed by atoms with Crippen LogP contribution in [0.3, 0.4) is 0 Å². The molecule has 1 aromatic carbocycles. The Kier molecular flexibility index (Phi) is 5.01. The molecule has 0 radical (unpaired) electrons. The fourth-order valence-corrected chi connectivity index (χ4v) is 2.72. The molecule has 0 fully saturated rings. The van der Waals surface area contributed by atoms with Gasteiger partial charge in [-0.3, -0.25) is 4.79 Å². The quantitative estimate of drug-likeness (QED) is 0.752. The fraction of sp³-hybridized carbons (Fsp3) is 0.417. The van der Waals surface area contributed by atoms with E-state index in [1.165, 1.54) is 12.1 Å². The standard InChI is InChI=1S/C12H18N2O3S/c1-3-12(15)10-5-4-6-11(7-10)18(16,17)14-9(2)8-13/h4-7,9,14H,3,8,13H2,1-2H3/t9-/m0/s1. The van der Waals surface area contributed by atoms with Crippen LogP contribution in [-0.2, 0) is 10.0 Å². The summed E-state index contributed by atoms with van der Waals surface area (Å²) in [5.41, 5.74) is 5.78. The smallest absolute Gasteiger partial charge is 0.240 e. The number of Topliss-reactive ketones (excluding diaryl/α,β-unsaturated/α-hetero) is 1. The molecule has 0 aliphatic carbocycles. The zero-order chi connectivity index (χ0) is 13.8. The first-order valence-corrected chi connectivity index (χ1v) is 7.24. The molecule has 3 N–H and O–H groups in total. The van der Waals surface area contributed by atoms with Crippen molar-refractivity contribution < 1.29 is 13.2 Å². The molecular weight excluding hydrogens is 252 g/mol. The van der Waals surface area contributed by atoms with Crippen molar-refractivity contribution in [3.63, 3.8) is 0 Å². The van der Waals surface area contributed by atoms with Gasteiger partial charge in [-0.15, -0.1) is 0 Å². The van der Waals surface area contributed by atoms with Crippen molar-refractivity contribution in [2.45, 2.75) is 31.2 Å². The van der Waals surface area contributed by atoms with Gasteiger partial charge in [0.1, 0.15) is 0 Å². The molecule has 1 atom stereocenters. The number of hydrogen-bond donors (Lipinski definition) is 2. The summed E-state index contributed by atoms with van der Waals surface area (Å²) in [7, 11) is -3.62. The second-order valence-electron chi connectivity index (χ2n) is 4.06. The van der Waals surface area contributed by atoms with Gasteiger partial charge in [-0.25, -0.2) is 13.1 Å². The Morgan fingerprint density at radius 1 is 1.44 bits per heavy atom. The molecule has 1 aromatic rings. The first kappa shape index (κ1) is 14.8. The van der Waals surface area contributed by atoms with Crippen molar-refractivity contribution in [1.29, 1.82) is 0 Å². The third-order valence-corrected chi connectivity index (χ3v) is 4.08. The maximum atomic E-state index is 12.0. The topological polar surface area (TPSA) is 89.3 Å². The van der Waals surface area contributed by atoms with E-state index in [2.05, 4.69) is 4.72 Å². The van der Waals surface area contributed by atoms with E-state index in [4.69, 9.17) is 5.73 Å². The highest BCUT2D eigenvalue weighted by atomic mass is 32.2. The van der Waals surface area contributed by atoms with Crippen LogP contribution in [0, 0.1) is 0 Å². The first-order chi connectivity index (χ1) is 8.40. The van der Waals surface area contributed by atoms with Gasteiger partial charge in [0.25, 0.3) is 0 Å². The van der Waals surface area contributed by atoms with Crippen molar-refractivity contribution in [3.05, 3.63) is 29.8 Å². The van der Waals surface area contributed by atoms with Gasteiger partial charge in [-0.05, 0) is 19.1 Å². The molecule has 1 rings (SSSR count). The lowest BCUT2D eigenvalue weighted by molar-refractivity contribution is 0.0988. The number of sulfonamides is 1. The summed E-state index contributed by atoms with van der Waals surface area (Å²) in [6.45, 7) is 3.63. The predicted molar refractivity (Wildman–Crippen MR) is 69.9 cm³/mol. The number of hydrogen-bond acceptors (Lipinski definition) is 4. The van der Waals surface area contributed by atoms with Gasteiger partial charge in [0.05, 0.1) is 4.90 Å². The number of ketones is 1. The molecule has 0 bridgehead atoms. The Labute approximate surface area is 107 Å². The third-order valence-electron chi connectivity index (χ3n) is 2.50. The lowest BCUT2D eigenvalue weighted by Gasteiger charge is -2.12. The normalized spacial score (nSPS) is 13.3. The van der Waals surface area contributed by atoms with E-state index in [1.807, 2.05) is 0 Å². The minimum absolute atomic E-state index is 0.0843. The summed E-state index contributed by atoms with van der Waals surface area (Å²) in [4.78, 5) is 11.6. The highest BCUT2D eigenvalue weighted by molar-refractivity contribution is 7.89. The summed E-state index contributed by atoms with van der Waals surface area (Å²) in [5.74, 6) is -0.0843. The number of nitrogens with one attached hydrogen (secondary N) is 1. The largest absolute Gasteiger partial charge is 0.329 e. The maximum Gasteiger partial charge on any atom is 0.240 e. The van der Waals surface area contributed by atoms with Crippen molar-refractivity contribution in [3.8, 4) is 0 Å². The molecule has 5 nitrogen and oxygen atoms in total. The summed E-state index contributed by atoms with van der Waals surface area (Å²) in [5, 5.41) is 0. The predicted octanol–water partition coefficient (Wildman–Crippen LogP) is 0.905. The van der Waals surface area contributed by atoms with Gasteiger partial charge in [0, 0.05) is 24.6 Å². The molecule has 100 valence electrons. The molecule has 0 saturated heterocycles. The minimum Gasteiger partial charge on any atom is -0.329 e. The van der Waals surface area contributed by atoms with Crippen LogP contribution in [0.5, 0.6) is 0 Å². The van der Waals surface area contributed by atoms with Crippen molar-refractivity contribution in [2.24, 2.45) is 5.73 Å². The maximum absolute atomic E-state index is 12.0.